The second-order valence-electron chi connectivity index (χ2n) is 20.5. The maximum atomic E-state index is 2.58. The van der Waals surface area contributed by atoms with Crippen LogP contribution in [0.5, 0.6) is 0 Å². The topological polar surface area (TPSA) is 3.24 Å². The second-order valence-corrected chi connectivity index (χ2v) is 21.6. The van der Waals surface area contributed by atoms with Gasteiger partial charge < -0.3 is 4.90 Å². The number of nitrogens with zero attached hydrogens (tertiary/aromatic N) is 1. The monoisotopic (exact) mass is 857 g/mol. The Morgan fingerprint density at radius 3 is 1.60 bits per heavy atom. The van der Waals surface area contributed by atoms with Crippen LogP contribution in [0.4, 0.5) is 17.1 Å². The molecule has 1 heterocycles. The minimum absolute atomic E-state index is 0.00572. The molecule has 65 heavy (non-hydrogen) atoms. The van der Waals surface area contributed by atoms with E-state index in [2.05, 4.69) is 248 Å². The molecule has 0 unspecified atom stereocenters. The van der Waals surface area contributed by atoms with Crippen molar-refractivity contribution in [2.45, 2.75) is 71.6 Å². The fourth-order valence-electron chi connectivity index (χ4n) is 10.5. The van der Waals surface area contributed by atoms with Crippen molar-refractivity contribution in [3.63, 3.8) is 0 Å². The Balaban J connectivity index is 1.21. The number of para-hydroxylation sites is 2. The van der Waals surface area contributed by atoms with Crippen LogP contribution in [0.3, 0.4) is 0 Å². The number of hydrogen-bond donors (Lipinski definition) is 0. The molecule has 1 nitrogen and oxygen atoms in total. The van der Waals surface area contributed by atoms with E-state index in [1.807, 2.05) is 11.3 Å². The molecule has 0 spiro atoms. The Kier molecular flexibility index (Phi) is 9.58. The fourth-order valence-corrected chi connectivity index (χ4v) is 11.7. The first-order chi connectivity index (χ1) is 31.3. The normalized spacial score (nSPS) is 13.4. The average Bonchev–Trinajstić information content (AvgIpc) is 3.81. The predicted molar refractivity (Wildman–Crippen MR) is 283 cm³/mol. The lowest BCUT2D eigenvalue weighted by atomic mass is 9.78. The molecule has 0 radical (unpaired) electrons. The maximum absolute atomic E-state index is 2.58. The molecule has 11 rings (SSSR count). The van der Waals surface area contributed by atoms with E-state index in [0.717, 1.165) is 11.4 Å². The quantitative estimate of drug-likeness (QED) is 0.161. The fraction of sp³-hybridized carbons (Fsp3) is 0.175. The van der Waals surface area contributed by atoms with Crippen LogP contribution in [0.1, 0.15) is 77.6 Å². The van der Waals surface area contributed by atoms with Crippen LogP contribution in [0.25, 0.3) is 75.5 Å². The van der Waals surface area contributed by atoms with E-state index in [4.69, 9.17) is 0 Å². The van der Waals surface area contributed by atoms with E-state index >= 15 is 0 Å². The van der Waals surface area contributed by atoms with Crippen molar-refractivity contribution in [3.8, 4) is 44.5 Å². The highest BCUT2D eigenvalue weighted by Gasteiger charge is 2.37. The van der Waals surface area contributed by atoms with Crippen molar-refractivity contribution < 1.29 is 0 Å². The summed E-state index contributed by atoms with van der Waals surface area (Å²) in [4.78, 5) is 2.58. The molecule has 0 fully saturated rings. The predicted octanol–water partition coefficient (Wildman–Crippen LogP) is 18.6. The molecule has 0 saturated heterocycles. The van der Waals surface area contributed by atoms with Crippen LogP contribution < -0.4 is 4.90 Å². The summed E-state index contributed by atoms with van der Waals surface area (Å²) in [5.74, 6) is 0. The lowest BCUT2D eigenvalue weighted by Crippen LogP contribution is -2.16. The summed E-state index contributed by atoms with van der Waals surface area (Å²) in [6.45, 7) is 18.7. The molecule has 0 bridgehead atoms. The van der Waals surface area contributed by atoms with Crippen molar-refractivity contribution in [2.75, 3.05) is 4.90 Å². The molecule has 318 valence electrons. The van der Waals surface area contributed by atoms with Gasteiger partial charge >= 0.3 is 0 Å². The van der Waals surface area contributed by atoms with Crippen LogP contribution >= 0.6 is 11.3 Å². The van der Waals surface area contributed by atoms with Crippen LogP contribution in [-0.4, -0.2) is 0 Å². The van der Waals surface area contributed by atoms with Crippen LogP contribution in [0, 0.1) is 0 Å². The zero-order valence-electron chi connectivity index (χ0n) is 38.8. The highest BCUT2D eigenvalue weighted by atomic mass is 32.1. The Labute approximate surface area is 388 Å². The minimum atomic E-state index is -0.113. The summed E-state index contributed by atoms with van der Waals surface area (Å²) in [5.41, 5.74) is 18.8. The molecule has 0 amide bonds. The van der Waals surface area contributed by atoms with Gasteiger partial charge in [0.25, 0.3) is 0 Å². The van der Waals surface area contributed by atoms with E-state index in [1.165, 1.54) is 103 Å². The van der Waals surface area contributed by atoms with Gasteiger partial charge in [0.15, 0.2) is 0 Å². The van der Waals surface area contributed by atoms with Gasteiger partial charge in [-0.15, -0.1) is 11.3 Å². The summed E-state index contributed by atoms with van der Waals surface area (Å²) in [5, 5.41) is 5.07. The number of hydrogen-bond acceptors (Lipinski definition) is 2. The van der Waals surface area contributed by atoms with Crippen LogP contribution in [-0.2, 0) is 16.2 Å². The molecule has 0 aliphatic heterocycles. The van der Waals surface area contributed by atoms with E-state index in [-0.39, 0.29) is 16.2 Å². The van der Waals surface area contributed by atoms with Crippen molar-refractivity contribution in [2.24, 2.45) is 0 Å². The molecule has 9 aromatic carbocycles. The second kappa shape index (κ2) is 15.2. The van der Waals surface area contributed by atoms with Gasteiger partial charge in [0, 0.05) is 32.0 Å². The summed E-state index contributed by atoms with van der Waals surface area (Å²) in [6, 6.07) is 70.9. The third-order valence-electron chi connectivity index (χ3n) is 14.0. The average molecular weight is 858 g/mol. The Morgan fingerprint density at radius 1 is 0.415 bits per heavy atom. The van der Waals surface area contributed by atoms with Gasteiger partial charge in [-0.3, -0.25) is 0 Å². The number of rotatable bonds is 6. The van der Waals surface area contributed by atoms with Crippen molar-refractivity contribution in [1.82, 2.24) is 0 Å². The Morgan fingerprint density at radius 2 is 0.908 bits per heavy atom. The molecular weight excluding hydrogens is 803 g/mol. The van der Waals surface area contributed by atoms with Gasteiger partial charge in [-0.25, -0.2) is 0 Å². The smallest absolute Gasteiger partial charge is 0.0640 e. The first-order valence-corrected chi connectivity index (χ1v) is 23.9. The Bertz CT molecular complexity index is 3460. The number of anilines is 3. The molecule has 0 saturated carbocycles. The lowest BCUT2D eigenvalue weighted by molar-refractivity contribution is 0.569. The van der Waals surface area contributed by atoms with Crippen molar-refractivity contribution >= 4 is 59.3 Å². The van der Waals surface area contributed by atoms with Crippen LogP contribution in [0.15, 0.2) is 188 Å². The van der Waals surface area contributed by atoms with E-state index in [0.29, 0.717) is 0 Å². The molecule has 10 aromatic rings. The van der Waals surface area contributed by atoms with Gasteiger partial charge in [-0.1, -0.05) is 219 Å². The maximum Gasteiger partial charge on any atom is 0.0640 e. The van der Waals surface area contributed by atoms with Gasteiger partial charge in [0.1, 0.15) is 0 Å². The Hall–Kier alpha value is -6.74. The largest absolute Gasteiger partial charge is 0.308 e. The van der Waals surface area contributed by atoms with Gasteiger partial charge in [0.05, 0.1) is 21.8 Å². The standard InChI is InChI=1S/C63H55NS/c1-61(2,3)42-37-41(38-43(39-42)62(4,5)6)44-27-17-21-40-22-18-28-48(58(40)44)45-23-10-14-33-54(45)64(56-35-20-30-50-47-25-12-16-36-57(47)65-60(50)56)55-34-15-11-24-46(55)49-29-19-32-53-59(49)51-26-9-13-31-52(51)63(53,7)8/h9-39H,1-8H3. The van der Waals surface area contributed by atoms with Gasteiger partial charge in [-0.2, -0.15) is 0 Å². The molecule has 1 aromatic heterocycles. The highest BCUT2D eigenvalue weighted by molar-refractivity contribution is 7.26. The van der Waals surface area contributed by atoms with E-state index < -0.39 is 0 Å². The number of thiophene rings is 1. The third kappa shape index (κ3) is 6.72. The number of benzene rings is 9. The van der Waals surface area contributed by atoms with Crippen LogP contribution in [0.2, 0.25) is 0 Å². The summed E-state index contributed by atoms with van der Waals surface area (Å²) in [6.07, 6.45) is 0. The van der Waals surface area contributed by atoms with E-state index in [9.17, 15) is 0 Å². The highest BCUT2D eigenvalue weighted by Crippen LogP contribution is 2.55. The third-order valence-corrected chi connectivity index (χ3v) is 15.2. The lowest BCUT2D eigenvalue weighted by Gasteiger charge is -2.31. The zero-order valence-corrected chi connectivity index (χ0v) is 39.6. The molecule has 0 atom stereocenters. The number of fused-ring (bicyclic) bond motifs is 7. The van der Waals surface area contributed by atoms with Gasteiger partial charge in [0.2, 0.25) is 0 Å². The van der Waals surface area contributed by atoms with Gasteiger partial charge in [-0.05, 0) is 102 Å². The summed E-state index contributed by atoms with van der Waals surface area (Å²) in [7, 11) is 0. The minimum Gasteiger partial charge on any atom is -0.308 e. The zero-order chi connectivity index (χ0) is 44.8. The summed E-state index contributed by atoms with van der Waals surface area (Å²) >= 11 is 1.89. The first kappa shape index (κ1) is 41.0. The van der Waals surface area contributed by atoms with Crippen molar-refractivity contribution in [3.05, 3.63) is 210 Å². The molecule has 1 aliphatic rings. The first-order valence-electron chi connectivity index (χ1n) is 23.1. The molecule has 2 heteroatoms. The summed E-state index contributed by atoms with van der Waals surface area (Å²) < 4.78 is 2.57. The van der Waals surface area contributed by atoms with E-state index in [1.54, 1.807) is 0 Å². The molecule has 0 N–H and O–H groups in total. The SMILES string of the molecule is CC(C)(C)c1cc(-c2cccc3cccc(-c4ccccc4N(c4ccccc4-c4cccc5c4-c4ccccc4C5(C)C)c4cccc5c4sc4ccccc45)c23)cc(C(C)(C)C)c1. The molecule has 1 aliphatic carbocycles. The van der Waals surface area contributed by atoms with Crippen molar-refractivity contribution in [1.29, 1.82) is 0 Å². The molecular formula is C63H55NS.